The van der Waals surface area contributed by atoms with Crippen molar-refractivity contribution in [1.29, 1.82) is 0 Å². The van der Waals surface area contributed by atoms with Crippen LogP contribution in [0.25, 0.3) is 0 Å². The third-order valence-corrected chi connectivity index (χ3v) is 3.80. The highest BCUT2D eigenvalue weighted by atomic mass is 16.5. The molecule has 0 radical (unpaired) electrons. The second kappa shape index (κ2) is 5.55. The Morgan fingerprint density at radius 2 is 2.05 bits per heavy atom. The SMILES string of the molecule is Cc1nnc(OC2CCCC(C)C2)c(C(=O)O)c1C. The smallest absolute Gasteiger partial charge is 0.341 e. The van der Waals surface area contributed by atoms with Gasteiger partial charge in [0.2, 0.25) is 5.88 Å². The highest BCUT2D eigenvalue weighted by Crippen LogP contribution is 2.29. The van der Waals surface area contributed by atoms with Gasteiger partial charge in [-0.3, -0.25) is 0 Å². The molecule has 0 amide bonds. The summed E-state index contributed by atoms with van der Waals surface area (Å²) in [6, 6.07) is 0. The number of aryl methyl sites for hydroxylation is 1. The predicted octanol–water partition coefficient (Wildman–Crippen LogP) is 2.75. The molecule has 1 fully saturated rings. The summed E-state index contributed by atoms with van der Waals surface area (Å²) >= 11 is 0. The number of aromatic carboxylic acids is 1. The zero-order chi connectivity index (χ0) is 14.0. The van der Waals surface area contributed by atoms with Crippen LogP contribution in [0.1, 0.15) is 54.2 Å². The minimum Gasteiger partial charge on any atom is -0.477 e. The molecule has 5 heteroatoms. The molecule has 19 heavy (non-hydrogen) atoms. The van der Waals surface area contributed by atoms with Gasteiger partial charge in [0.15, 0.2) is 0 Å². The molecular formula is C14H20N2O3. The first-order valence-corrected chi connectivity index (χ1v) is 6.73. The molecule has 1 aromatic rings. The maximum atomic E-state index is 11.4. The zero-order valence-electron chi connectivity index (χ0n) is 11.6. The van der Waals surface area contributed by atoms with E-state index in [2.05, 4.69) is 17.1 Å². The van der Waals surface area contributed by atoms with E-state index in [4.69, 9.17) is 4.74 Å². The Morgan fingerprint density at radius 1 is 1.32 bits per heavy atom. The number of hydrogen-bond donors (Lipinski definition) is 1. The molecule has 2 atom stereocenters. The van der Waals surface area contributed by atoms with E-state index in [1.165, 1.54) is 6.42 Å². The Hall–Kier alpha value is -1.65. The molecule has 2 rings (SSSR count). The lowest BCUT2D eigenvalue weighted by Crippen LogP contribution is -2.26. The standard InChI is InChI=1S/C14H20N2O3/c1-8-5-4-6-11(7-8)19-13-12(14(17)18)9(2)10(3)15-16-13/h8,11H,4-7H2,1-3H3,(H,17,18). The molecule has 0 spiro atoms. The van der Waals surface area contributed by atoms with Crippen molar-refractivity contribution in [2.75, 3.05) is 0 Å². The highest BCUT2D eigenvalue weighted by Gasteiger charge is 2.25. The first-order valence-electron chi connectivity index (χ1n) is 6.73. The molecule has 104 valence electrons. The van der Waals surface area contributed by atoms with Crippen LogP contribution in [-0.4, -0.2) is 27.4 Å². The van der Waals surface area contributed by atoms with Crippen molar-refractivity contribution in [2.24, 2.45) is 5.92 Å². The van der Waals surface area contributed by atoms with Crippen LogP contribution in [0.5, 0.6) is 5.88 Å². The van der Waals surface area contributed by atoms with Gasteiger partial charge in [-0.1, -0.05) is 13.3 Å². The second-order valence-corrected chi connectivity index (χ2v) is 5.41. The lowest BCUT2D eigenvalue weighted by atomic mass is 9.89. The number of carboxylic acid groups (broad SMARTS) is 1. The largest absolute Gasteiger partial charge is 0.477 e. The van der Waals surface area contributed by atoms with Gasteiger partial charge in [-0.05, 0) is 44.6 Å². The minimum atomic E-state index is -1.01. The third kappa shape index (κ3) is 3.03. The molecular weight excluding hydrogens is 244 g/mol. The van der Waals surface area contributed by atoms with Gasteiger partial charge in [-0.2, -0.15) is 5.10 Å². The molecule has 1 N–H and O–H groups in total. The van der Waals surface area contributed by atoms with Gasteiger partial charge < -0.3 is 9.84 Å². The van der Waals surface area contributed by atoms with Gasteiger partial charge in [0.25, 0.3) is 0 Å². The van der Waals surface area contributed by atoms with E-state index in [1.807, 2.05) is 0 Å². The first-order chi connectivity index (χ1) is 8.99. The Labute approximate surface area is 113 Å². The number of rotatable bonds is 3. The van der Waals surface area contributed by atoms with E-state index in [9.17, 15) is 9.90 Å². The van der Waals surface area contributed by atoms with Crippen molar-refractivity contribution in [3.63, 3.8) is 0 Å². The van der Waals surface area contributed by atoms with E-state index in [1.54, 1.807) is 13.8 Å². The summed E-state index contributed by atoms with van der Waals surface area (Å²) in [7, 11) is 0. The summed E-state index contributed by atoms with van der Waals surface area (Å²) in [6.45, 7) is 5.69. The van der Waals surface area contributed by atoms with E-state index in [0.29, 0.717) is 17.2 Å². The van der Waals surface area contributed by atoms with Crippen LogP contribution < -0.4 is 4.74 Å². The van der Waals surface area contributed by atoms with Gasteiger partial charge >= 0.3 is 5.97 Å². The molecule has 0 bridgehead atoms. The summed E-state index contributed by atoms with van der Waals surface area (Å²) in [5.74, 6) is -0.226. The quantitative estimate of drug-likeness (QED) is 0.908. The number of hydrogen-bond acceptors (Lipinski definition) is 4. The van der Waals surface area contributed by atoms with Crippen molar-refractivity contribution in [1.82, 2.24) is 10.2 Å². The Kier molecular flexibility index (Phi) is 4.02. The minimum absolute atomic E-state index is 0.0539. The molecule has 0 saturated heterocycles. The maximum Gasteiger partial charge on any atom is 0.341 e. The molecule has 1 heterocycles. The fraction of sp³-hybridized carbons (Fsp3) is 0.643. The van der Waals surface area contributed by atoms with Crippen molar-refractivity contribution < 1.29 is 14.6 Å². The Morgan fingerprint density at radius 3 is 2.68 bits per heavy atom. The molecule has 0 aromatic carbocycles. The van der Waals surface area contributed by atoms with Crippen LogP contribution in [0.2, 0.25) is 0 Å². The van der Waals surface area contributed by atoms with Crippen molar-refractivity contribution in [3.05, 3.63) is 16.8 Å². The summed E-state index contributed by atoms with van der Waals surface area (Å²) in [4.78, 5) is 11.4. The zero-order valence-corrected chi connectivity index (χ0v) is 11.6. The second-order valence-electron chi connectivity index (χ2n) is 5.41. The number of carbonyl (C=O) groups is 1. The normalized spacial score (nSPS) is 23.1. The lowest BCUT2D eigenvalue weighted by molar-refractivity contribution is 0.0677. The molecule has 5 nitrogen and oxygen atoms in total. The van der Waals surface area contributed by atoms with Crippen molar-refractivity contribution >= 4 is 5.97 Å². The first kappa shape index (κ1) is 13.8. The molecule has 1 aromatic heterocycles. The Balaban J connectivity index is 2.24. The van der Waals surface area contributed by atoms with Crippen LogP contribution in [0.3, 0.4) is 0 Å². The number of nitrogens with zero attached hydrogens (tertiary/aromatic N) is 2. The van der Waals surface area contributed by atoms with Gasteiger partial charge in [-0.15, -0.1) is 5.10 Å². The average molecular weight is 264 g/mol. The number of ether oxygens (including phenoxy) is 1. The average Bonchev–Trinajstić information content (AvgIpc) is 2.33. The van der Waals surface area contributed by atoms with E-state index in [0.717, 1.165) is 19.3 Å². The highest BCUT2D eigenvalue weighted by molar-refractivity contribution is 5.92. The van der Waals surface area contributed by atoms with Crippen LogP contribution in [0.15, 0.2) is 0 Å². The Bertz CT molecular complexity index is 488. The van der Waals surface area contributed by atoms with Crippen molar-refractivity contribution in [3.8, 4) is 5.88 Å². The molecule has 0 aliphatic heterocycles. The van der Waals surface area contributed by atoms with Gasteiger partial charge in [0, 0.05) is 0 Å². The summed E-state index contributed by atoms with van der Waals surface area (Å²) in [6.07, 6.45) is 4.29. The summed E-state index contributed by atoms with van der Waals surface area (Å²) < 4.78 is 5.80. The van der Waals surface area contributed by atoms with E-state index in [-0.39, 0.29) is 17.5 Å². The molecule has 2 unspecified atom stereocenters. The lowest BCUT2D eigenvalue weighted by Gasteiger charge is -2.27. The molecule has 1 saturated carbocycles. The van der Waals surface area contributed by atoms with Crippen LogP contribution in [0, 0.1) is 19.8 Å². The monoisotopic (exact) mass is 264 g/mol. The number of carboxylic acids is 1. The van der Waals surface area contributed by atoms with E-state index < -0.39 is 5.97 Å². The van der Waals surface area contributed by atoms with Gasteiger partial charge in [-0.25, -0.2) is 4.79 Å². The fourth-order valence-electron chi connectivity index (χ4n) is 2.56. The maximum absolute atomic E-state index is 11.4. The van der Waals surface area contributed by atoms with E-state index >= 15 is 0 Å². The topological polar surface area (TPSA) is 72.3 Å². The predicted molar refractivity (Wildman–Crippen MR) is 70.5 cm³/mol. The van der Waals surface area contributed by atoms with Crippen molar-refractivity contribution in [2.45, 2.75) is 52.6 Å². The van der Waals surface area contributed by atoms with Gasteiger partial charge in [0.05, 0.1) is 5.69 Å². The molecule has 1 aliphatic carbocycles. The number of aromatic nitrogens is 2. The molecule has 1 aliphatic rings. The van der Waals surface area contributed by atoms with Crippen LogP contribution >= 0.6 is 0 Å². The fourth-order valence-corrected chi connectivity index (χ4v) is 2.56. The third-order valence-electron chi connectivity index (χ3n) is 3.80. The van der Waals surface area contributed by atoms with Gasteiger partial charge in [0.1, 0.15) is 11.7 Å². The van der Waals surface area contributed by atoms with Crippen LogP contribution in [0.4, 0.5) is 0 Å². The summed E-state index contributed by atoms with van der Waals surface area (Å²) in [5.41, 5.74) is 1.40. The van der Waals surface area contributed by atoms with Crippen LogP contribution in [-0.2, 0) is 0 Å². The summed E-state index contributed by atoms with van der Waals surface area (Å²) in [5, 5.41) is 17.2.